The third-order valence-electron chi connectivity index (χ3n) is 5.10. The third kappa shape index (κ3) is 3.30. The zero-order valence-electron chi connectivity index (χ0n) is 16.6. The Morgan fingerprint density at radius 3 is 2.52 bits per heavy atom. The standard InChI is InChI=1S/C17H13N4.C5H8O2.Ir/c1-17(2)12-7-3-5-10-11-6-4-8-18-15(11)21(14(10)12)16-13(17)9-19-20-16;1-4(6)3-5(2)7;/h3-9H,1-2H3;3,6H,1-2H3;/q-1;;/b;4-3-;. The summed E-state index contributed by atoms with van der Waals surface area (Å²) in [6, 6.07) is 10.6. The number of para-hydroxylation sites is 1. The Bertz CT molecular complexity index is 1250. The SMILES string of the molecule is CC(=O)/C=C(/C)O.CC1(C)c2cn[n-]c2-n2c3ncccc3c3cccc1c32.[Ir]. The topological polar surface area (TPSA) is 82.1 Å². The van der Waals surface area contributed by atoms with Crippen LogP contribution in [0.1, 0.15) is 38.8 Å². The molecule has 4 aromatic rings. The van der Waals surface area contributed by atoms with Crippen LogP contribution in [0.2, 0.25) is 0 Å². The fraction of sp³-hybridized carbons (Fsp3) is 0.227. The zero-order chi connectivity index (χ0) is 20.1. The molecule has 29 heavy (non-hydrogen) atoms. The van der Waals surface area contributed by atoms with Crippen LogP contribution in [0.25, 0.3) is 27.8 Å². The van der Waals surface area contributed by atoms with Crippen LogP contribution in [0.4, 0.5) is 0 Å². The van der Waals surface area contributed by atoms with Crippen molar-refractivity contribution in [1.82, 2.24) is 19.7 Å². The number of fused-ring (bicyclic) bond motifs is 5. The van der Waals surface area contributed by atoms with Crippen molar-refractivity contribution in [3.63, 3.8) is 0 Å². The zero-order valence-corrected chi connectivity index (χ0v) is 19.0. The van der Waals surface area contributed by atoms with E-state index in [1.165, 1.54) is 41.8 Å². The van der Waals surface area contributed by atoms with Crippen LogP contribution >= 0.6 is 0 Å². The first kappa shape index (κ1) is 21.0. The fourth-order valence-electron chi connectivity index (χ4n) is 3.90. The number of aliphatic hydroxyl groups is 1. The summed E-state index contributed by atoms with van der Waals surface area (Å²) in [6.45, 7) is 7.32. The van der Waals surface area contributed by atoms with Crippen LogP contribution in [0.3, 0.4) is 0 Å². The largest absolute Gasteiger partial charge is 0.512 e. The molecule has 1 aliphatic heterocycles. The number of carbonyl (C=O) groups is 1. The summed E-state index contributed by atoms with van der Waals surface area (Å²) in [5.74, 6) is 0.852. The van der Waals surface area contributed by atoms with Gasteiger partial charge in [0.1, 0.15) is 0 Å². The molecule has 7 heteroatoms. The van der Waals surface area contributed by atoms with Crippen molar-refractivity contribution in [3.05, 3.63) is 65.7 Å². The van der Waals surface area contributed by atoms with E-state index in [1.807, 2.05) is 18.5 Å². The second-order valence-corrected chi connectivity index (χ2v) is 7.51. The Hall–Kier alpha value is -2.76. The number of carbonyl (C=O) groups excluding carboxylic acids is 1. The molecule has 3 aromatic heterocycles. The van der Waals surface area contributed by atoms with Crippen molar-refractivity contribution in [3.8, 4) is 5.82 Å². The minimum absolute atomic E-state index is 0. The summed E-state index contributed by atoms with van der Waals surface area (Å²) >= 11 is 0. The van der Waals surface area contributed by atoms with E-state index in [0.717, 1.165) is 17.0 Å². The van der Waals surface area contributed by atoms with Gasteiger partial charge in [0.05, 0.1) is 11.4 Å². The van der Waals surface area contributed by atoms with Crippen LogP contribution in [-0.4, -0.2) is 25.5 Å². The van der Waals surface area contributed by atoms with Crippen molar-refractivity contribution >= 4 is 27.7 Å². The smallest absolute Gasteiger partial charge is 0.155 e. The van der Waals surface area contributed by atoms with Gasteiger partial charge >= 0.3 is 0 Å². The Balaban J connectivity index is 0.000000263. The number of benzene rings is 1. The molecule has 1 aliphatic rings. The summed E-state index contributed by atoms with van der Waals surface area (Å²) in [5.41, 5.74) is 4.54. The Morgan fingerprint density at radius 2 is 1.86 bits per heavy atom. The number of hydrogen-bond acceptors (Lipinski definition) is 4. The summed E-state index contributed by atoms with van der Waals surface area (Å²) < 4.78 is 2.16. The quantitative estimate of drug-likeness (QED) is 0.276. The molecular formula is C22H21IrN4O2-. The van der Waals surface area contributed by atoms with Gasteiger partial charge < -0.3 is 14.8 Å². The van der Waals surface area contributed by atoms with Crippen LogP contribution in [-0.2, 0) is 30.3 Å². The number of nitrogens with zero attached hydrogens (tertiary/aromatic N) is 4. The maximum absolute atomic E-state index is 10.0. The molecule has 1 radical (unpaired) electrons. The minimum atomic E-state index is -0.125. The molecule has 5 rings (SSSR count). The number of pyridine rings is 1. The van der Waals surface area contributed by atoms with Gasteiger partial charge in [-0.05, 0) is 47.8 Å². The summed E-state index contributed by atoms with van der Waals surface area (Å²) in [6.07, 6.45) is 4.88. The Morgan fingerprint density at radius 1 is 1.14 bits per heavy atom. The normalized spacial score (nSPS) is 14.0. The van der Waals surface area contributed by atoms with Gasteiger partial charge in [-0.1, -0.05) is 38.1 Å². The predicted octanol–water partition coefficient (Wildman–Crippen LogP) is 4.20. The van der Waals surface area contributed by atoms with Crippen molar-refractivity contribution in [2.45, 2.75) is 33.1 Å². The van der Waals surface area contributed by atoms with Gasteiger partial charge in [-0.2, -0.15) is 0 Å². The van der Waals surface area contributed by atoms with E-state index in [0.29, 0.717) is 0 Å². The molecule has 0 saturated heterocycles. The summed E-state index contributed by atoms with van der Waals surface area (Å²) in [4.78, 5) is 14.6. The molecule has 0 fully saturated rings. The molecule has 1 N–H and O–H groups in total. The van der Waals surface area contributed by atoms with E-state index in [9.17, 15) is 4.79 Å². The molecule has 6 nitrogen and oxygen atoms in total. The van der Waals surface area contributed by atoms with Crippen molar-refractivity contribution in [1.29, 1.82) is 0 Å². The molecule has 151 valence electrons. The maximum atomic E-state index is 10.0. The number of hydrogen-bond donors (Lipinski definition) is 1. The molecule has 0 saturated carbocycles. The Kier molecular flexibility index (Phi) is 5.48. The third-order valence-corrected chi connectivity index (χ3v) is 5.10. The fourth-order valence-corrected chi connectivity index (χ4v) is 3.90. The van der Waals surface area contributed by atoms with Gasteiger partial charge in [-0.3, -0.25) is 14.9 Å². The average molecular weight is 566 g/mol. The monoisotopic (exact) mass is 566 g/mol. The number of ketones is 1. The van der Waals surface area contributed by atoms with Crippen molar-refractivity contribution in [2.24, 2.45) is 0 Å². The van der Waals surface area contributed by atoms with E-state index in [4.69, 9.17) is 5.11 Å². The van der Waals surface area contributed by atoms with E-state index in [-0.39, 0.29) is 37.1 Å². The van der Waals surface area contributed by atoms with Gasteiger partial charge in [0.25, 0.3) is 0 Å². The second kappa shape index (κ2) is 7.58. The van der Waals surface area contributed by atoms with E-state index < -0.39 is 0 Å². The first-order valence-corrected chi connectivity index (χ1v) is 9.08. The minimum Gasteiger partial charge on any atom is -0.512 e. The van der Waals surface area contributed by atoms with Gasteiger partial charge in [0.15, 0.2) is 5.78 Å². The first-order valence-electron chi connectivity index (χ1n) is 9.08. The molecule has 4 heterocycles. The Labute approximate surface area is 182 Å². The molecule has 0 atom stereocenters. The number of aliphatic hydroxyl groups excluding tert-OH is 1. The average Bonchev–Trinajstić information content (AvgIpc) is 3.23. The maximum Gasteiger partial charge on any atom is 0.155 e. The molecule has 0 spiro atoms. The number of rotatable bonds is 1. The van der Waals surface area contributed by atoms with Gasteiger partial charge in [-0.15, -0.1) is 0 Å². The summed E-state index contributed by atoms with van der Waals surface area (Å²) in [7, 11) is 0. The van der Waals surface area contributed by atoms with E-state index in [1.54, 1.807) is 0 Å². The molecule has 0 bridgehead atoms. The molecule has 0 amide bonds. The van der Waals surface area contributed by atoms with Crippen LogP contribution in [0.5, 0.6) is 0 Å². The van der Waals surface area contributed by atoms with Crippen LogP contribution < -0.4 is 5.10 Å². The van der Waals surface area contributed by atoms with Crippen LogP contribution in [0, 0.1) is 0 Å². The molecule has 0 unspecified atom stereocenters. The summed E-state index contributed by atoms with van der Waals surface area (Å²) in [5, 5.41) is 19.3. The van der Waals surface area contributed by atoms with Gasteiger partial charge in [0.2, 0.25) is 0 Å². The molecular weight excluding hydrogens is 544 g/mol. The van der Waals surface area contributed by atoms with Crippen molar-refractivity contribution < 1.29 is 30.0 Å². The molecule has 0 aliphatic carbocycles. The molecule has 1 aromatic carbocycles. The number of allylic oxidation sites excluding steroid dienone is 2. The van der Waals surface area contributed by atoms with E-state index >= 15 is 0 Å². The van der Waals surface area contributed by atoms with E-state index in [2.05, 4.69) is 57.9 Å². The van der Waals surface area contributed by atoms with Gasteiger partial charge in [-0.25, -0.2) is 0 Å². The van der Waals surface area contributed by atoms with Crippen LogP contribution in [0.15, 0.2) is 54.6 Å². The number of aromatic nitrogens is 4. The first-order chi connectivity index (χ1) is 13.3. The van der Waals surface area contributed by atoms with Crippen molar-refractivity contribution in [2.75, 3.05) is 0 Å². The predicted molar refractivity (Wildman–Crippen MR) is 109 cm³/mol. The van der Waals surface area contributed by atoms with Gasteiger partial charge in [0, 0.05) is 49.4 Å². The second-order valence-electron chi connectivity index (χ2n) is 7.51.